The zero-order chi connectivity index (χ0) is 40.4. The molecule has 286 valence electrons. The number of benzene rings is 8. The van der Waals surface area contributed by atoms with Crippen molar-refractivity contribution < 1.29 is 13.2 Å². The van der Waals surface area contributed by atoms with Gasteiger partial charge < -0.3 is 9.13 Å². The monoisotopic (exact) mass is 783 g/mol. The van der Waals surface area contributed by atoms with Crippen LogP contribution in [0.2, 0.25) is 0 Å². The van der Waals surface area contributed by atoms with Crippen LogP contribution in [0.4, 0.5) is 13.2 Å². The van der Waals surface area contributed by atoms with E-state index in [1.165, 1.54) is 6.07 Å². The summed E-state index contributed by atoms with van der Waals surface area (Å²) in [6, 6.07) is 62.5. The van der Waals surface area contributed by atoms with Crippen LogP contribution in [0.1, 0.15) is 5.56 Å². The summed E-state index contributed by atoms with van der Waals surface area (Å²) in [6.07, 6.45) is -4.50. The van der Waals surface area contributed by atoms with Gasteiger partial charge in [-0.05, 0) is 71.8 Å². The molecule has 0 aliphatic rings. The maximum absolute atomic E-state index is 14.2. The maximum atomic E-state index is 14.2. The number of hydrogen-bond acceptors (Lipinski definition) is 3. The number of aromatic nitrogens is 5. The molecule has 3 aromatic heterocycles. The number of halogens is 3. The Morgan fingerprint density at radius 1 is 0.367 bits per heavy atom. The second-order valence-electron chi connectivity index (χ2n) is 14.7. The fraction of sp³-hybridized carbons (Fsp3) is 0.0192. The zero-order valence-corrected chi connectivity index (χ0v) is 31.8. The van der Waals surface area contributed by atoms with Gasteiger partial charge in [0, 0.05) is 43.9 Å². The minimum atomic E-state index is -4.50. The lowest BCUT2D eigenvalue weighted by Crippen LogP contribution is -2.05. The Hall–Kier alpha value is -7.84. The first-order valence-electron chi connectivity index (χ1n) is 19.6. The van der Waals surface area contributed by atoms with Crippen molar-refractivity contribution in [3.05, 3.63) is 200 Å². The highest BCUT2D eigenvalue weighted by Gasteiger charge is 2.31. The first kappa shape index (κ1) is 35.3. The van der Waals surface area contributed by atoms with Gasteiger partial charge in [0.25, 0.3) is 0 Å². The number of nitrogens with zero attached hydrogens (tertiary/aromatic N) is 5. The van der Waals surface area contributed by atoms with E-state index in [4.69, 9.17) is 15.0 Å². The first-order valence-corrected chi connectivity index (χ1v) is 19.6. The Kier molecular flexibility index (Phi) is 8.20. The van der Waals surface area contributed by atoms with Crippen LogP contribution in [0.15, 0.2) is 194 Å². The fourth-order valence-corrected chi connectivity index (χ4v) is 8.53. The highest BCUT2D eigenvalue weighted by Crippen LogP contribution is 2.43. The number of rotatable bonds is 6. The smallest absolute Gasteiger partial charge is 0.309 e. The number of hydrogen-bond donors (Lipinski definition) is 0. The Morgan fingerprint density at radius 2 is 0.917 bits per heavy atom. The van der Waals surface area contributed by atoms with Crippen LogP contribution < -0.4 is 0 Å². The predicted molar refractivity (Wildman–Crippen MR) is 235 cm³/mol. The summed E-state index contributed by atoms with van der Waals surface area (Å²) in [5.74, 6) is 1.43. The number of alkyl halides is 3. The van der Waals surface area contributed by atoms with E-state index in [0.29, 0.717) is 45.0 Å². The van der Waals surface area contributed by atoms with E-state index >= 15 is 0 Å². The molecule has 8 aromatic carbocycles. The van der Waals surface area contributed by atoms with Crippen LogP contribution in [-0.2, 0) is 6.18 Å². The van der Waals surface area contributed by atoms with E-state index in [1.807, 2.05) is 114 Å². The topological polar surface area (TPSA) is 48.5 Å². The Bertz CT molecular complexity index is 3350. The summed E-state index contributed by atoms with van der Waals surface area (Å²) in [5, 5.41) is 3.41. The van der Waals surface area contributed by atoms with Crippen LogP contribution >= 0.6 is 0 Å². The highest BCUT2D eigenvalue weighted by atomic mass is 19.4. The van der Waals surface area contributed by atoms with E-state index in [1.54, 1.807) is 6.07 Å². The van der Waals surface area contributed by atoms with Gasteiger partial charge in [0.05, 0.1) is 33.3 Å². The molecule has 3 heterocycles. The minimum Gasteiger partial charge on any atom is -0.309 e. The molecule has 0 unspecified atom stereocenters. The maximum Gasteiger partial charge on any atom is 0.416 e. The quantitative estimate of drug-likeness (QED) is 0.169. The summed E-state index contributed by atoms with van der Waals surface area (Å²) in [6.45, 7) is 0. The Balaban J connectivity index is 1.23. The third kappa shape index (κ3) is 5.83. The SMILES string of the molecule is FC(F)(F)c1ccc2c(c1)c1ccccc1n2-c1ccc(-c2cccc3c2c2ccccc2n3-c2ccccc2)cc1-c1nc(-c2ccccc2)nc(-c2ccccc2)n1. The summed E-state index contributed by atoms with van der Waals surface area (Å²) in [7, 11) is 0. The predicted octanol–water partition coefficient (Wildman–Crippen LogP) is 13.8. The summed E-state index contributed by atoms with van der Waals surface area (Å²) < 4.78 is 46.8. The molecule has 11 rings (SSSR count). The second kappa shape index (κ2) is 13.9. The molecule has 0 aliphatic carbocycles. The average Bonchev–Trinajstić information content (AvgIpc) is 3.82. The van der Waals surface area contributed by atoms with Crippen molar-refractivity contribution in [2.45, 2.75) is 6.18 Å². The van der Waals surface area contributed by atoms with Gasteiger partial charge >= 0.3 is 6.18 Å². The molecule has 0 atom stereocenters. The van der Waals surface area contributed by atoms with Crippen LogP contribution in [0.25, 0.3) is 100 Å². The lowest BCUT2D eigenvalue weighted by atomic mass is 9.96. The molecular formula is C52H32F3N5. The lowest BCUT2D eigenvalue weighted by molar-refractivity contribution is -0.137. The largest absolute Gasteiger partial charge is 0.416 e. The Labute approximate surface area is 342 Å². The van der Waals surface area contributed by atoms with E-state index in [0.717, 1.165) is 61.3 Å². The minimum absolute atomic E-state index is 0.427. The third-order valence-corrected chi connectivity index (χ3v) is 11.2. The van der Waals surface area contributed by atoms with Crippen LogP contribution in [0.5, 0.6) is 0 Å². The first-order chi connectivity index (χ1) is 29.4. The van der Waals surface area contributed by atoms with Gasteiger partial charge in [0.1, 0.15) is 0 Å². The van der Waals surface area contributed by atoms with Crippen molar-refractivity contribution in [3.8, 4) is 56.7 Å². The summed E-state index contributed by atoms with van der Waals surface area (Å²) >= 11 is 0. The van der Waals surface area contributed by atoms with Crippen molar-refractivity contribution >= 4 is 43.6 Å². The summed E-state index contributed by atoms with van der Waals surface area (Å²) in [5.41, 5.74) is 8.90. The lowest BCUT2D eigenvalue weighted by Gasteiger charge is -2.17. The van der Waals surface area contributed by atoms with Crippen LogP contribution in [0.3, 0.4) is 0 Å². The van der Waals surface area contributed by atoms with E-state index in [-0.39, 0.29) is 0 Å². The van der Waals surface area contributed by atoms with Crippen molar-refractivity contribution in [1.29, 1.82) is 0 Å². The van der Waals surface area contributed by atoms with Gasteiger partial charge in [-0.3, -0.25) is 0 Å². The van der Waals surface area contributed by atoms with Crippen molar-refractivity contribution in [2.75, 3.05) is 0 Å². The molecule has 11 aromatic rings. The van der Waals surface area contributed by atoms with Gasteiger partial charge in [-0.2, -0.15) is 13.2 Å². The van der Waals surface area contributed by atoms with E-state index in [2.05, 4.69) is 71.3 Å². The molecule has 0 saturated heterocycles. The number of fused-ring (bicyclic) bond motifs is 6. The molecule has 5 nitrogen and oxygen atoms in total. The Morgan fingerprint density at radius 3 is 1.58 bits per heavy atom. The molecule has 0 amide bonds. The molecule has 60 heavy (non-hydrogen) atoms. The van der Waals surface area contributed by atoms with Crippen LogP contribution in [0, 0.1) is 0 Å². The zero-order valence-electron chi connectivity index (χ0n) is 31.8. The van der Waals surface area contributed by atoms with Crippen molar-refractivity contribution in [2.24, 2.45) is 0 Å². The van der Waals surface area contributed by atoms with Crippen molar-refractivity contribution in [1.82, 2.24) is 24.1 Å². The standard InChI is InChI=1S/C52H32F3N5/c53-52(54,55)36-28-30-45-41(32-36)39-21-10-12-24-43(39)60(45)46-29-27-35(38-23-14-26-47-48(38)40-22-11-13-25-44(40)59(47)37-19-8-3-9-20-37)31-42(46)51-57-49(33-15-4-1-5-16-33)56-50(58-51)34-17-6-2-7-18-34/h1-32H. The molecule has 0 aliphatic heterocycles. The van der Waals surface area contributed by atoms with Crippen molar-refractivity contribution in [3.63, 3.8) is 0 Å². The van der Waals surface area contributed by atoms with E-state index in [9.17, 15) is 13.2 Å². The summed E-state index contributed by atoms with van der Waals surface area (Å²) in [4.78, 5) is 15.3. The average molecular weight is 784 g/mol. The van der Waals surface area contributed by atoms with Gasteiger partial charge in [0.2, 0.25) is 0 Å². The molecule has 0 fully saturated rings. The van der Waals surface area contributed by atoms with Crippen LogP contribution in [-0.4, -0.2) is 24.1 Å². The van der Waals surface area contributed by atoms with Gasteiger partial charge in [-0.1, -0.05) is 133 Å². The second-order valence-corrected chi connectivity index (χ2v) is 14.7. The molecule has 0 N–H and O–H groups in total. The number of para-hydroxylation sites is 3. The molecule has 0 radical (unpaired) electrons. The normalized spacial score (nSPS) is 11.9. The fourth-order valence-electron chi connectivity index (χ4n) is 8.53. The molecular weight excluding hydrogens is 752 g/mol. The van der Waals surface area contributed by atoms with Gasteiger partial charge in [-0.25, -0.2) is 15.0 Å². The molecule has 0 bridgehead atoms. The third-order valence-electron chi connectivity index (χ3n) is 11.2. The molecule has 0 saturated carbocycles. The van der Waals surface area contributed by atoms with Gasteiger partial charge in [-0.15, -0.1) is 0 Å². The highest BCUT2D eigenvalue weighted by molar-refractivity contribution is 6.16. The molecule has 0 spiro atoms. The molecule has 8 heteroatoms. The van der Waals surface area contributed by atoms with Gasteiger partial charge in [0.15, 0.2) is 17.5 Å². The van der Waals surface area contributed by atoms with E-state index < -0.39 is 11.7 Å².